The number of carbonyl (C=O) groups is 2. The van der Waals surface area contributed by atoms with Crippen LogP contribution in [0.3, 0.4) is 0 Å². The van der Waals surface area contributed by atoms with Crippen molar-refractivity contribution in [3.63, 3.8) is 0 Å². The van der Waals surface area contributed by atoms with Gasteiger partial charge in [0.15, 0.2) is 0 Å². The second-order valence-electron chi connectivity index (χ2n) is 6.58. The molecule has 0 aliphatic carbocycles. The van der Waals surface area contributed by atoms with Crippen LogP contribution in [0.25, 0.3) is 11.1 Å². The maximum Gasteiger partial charge on any atom is 0.319 e. The number of hydrogen-bond donors (Lipinski definition) is 1. The fourth-order valence-electron chi connectivity index (χ4n) is 3.32. The average Bonchev–Trinajstić information content (AvgIpc) is 3.03. The van der Waals surface area contributed by atoms with Gasteiger partial charge < -0.3 is 19.6 Å². The smallest absolute Gasteiger partial charge is 0.319 e. The molecule has 134 valence electrons. The molecule has 2 aromatic heterocycles. The van der Waals surface area contributed by atoms with Crippen LogP contribution in [0, 0.1) is 6.92 Å². The first-order valence-electron chi connectivity index (χ1n) is 8.37. The highest BCUT2D eigenvalue weighted by Gasteiger charge is 2.30. The van der Waals surface area contributed by atoms with Crippen LogP contribution in [0.2, 0.25) is 0 Å². The number of likely N-dealkylation sites (tertiary alicyclic amines) is 1. The molecular formula is C17H23N5O3. The zero-order chi connectivity index (χ0) is 18.1. The number of carbonyl (C=O) groups excluding carboxylic acids is 2. The third-order valence-electron chi connectivity index (χ3n) is 4.61. The summed E-state index contributed by atoms with van der Waals surface area (Å²) in [5.41, 5.74) is 2.40. The number of aromatic nitrogens is 2. The predicted octanol–water partition coefficient (Wildman–Crippen LogP) is 1.75. The van der Waals surface area contributed by atoms with Gasteiger partial charge in [-0.2, -0.15) is 0 Å². The summed E-state index contributed by atoms with van der Waals surface area (Å²) in [5.74, 6) is -0.0412. The summed E-state index contributed by atoms with van der Waals surface area (Å²) in [4.78, 5) is 32.1. The van der Waals surface area contributed by atoms with Gasteiger partial charge in [-0.05, 0) is 25.8 Å². The fourth-order valence-corrected chi connectivity index (χ4v) is 3.32. The van der Waals surface area contributed by atoms with Gasteiger partial charge in [0.2, 0.25) is 0 Å². The molecule has 1 saturated heterocycles. The van der Waals surface area contributed by atoms with Gasteiger partial charge in [-0.25, -0.2) is 9.78 Å². The summed E-state index contributed by atoms with van der Waals surface area (Å²) in [7, 11) is 5.11. The minimum absolute atomic E-state index is 0.0202. The summed E-state index contributed by atoms with van der Waals surface area (Å²) in [5, 5.41) is 7.55. The number of pyridine rings is 1. The molecule has 0 atom stereocenters. The second-order valence-corrected chi connectivity index (χ2v) is 6.58. The van der Waals surface area contributed by atoms with E-state index in [4.69, 9.17) is 4.52 Å². The molecule has 25 heavy (non-hydrogen) atoms. The van der Waals surface area contributed by atoms with E-state index < -0.39 is 0 Å². The van der Waals surface area contributed by atoms with E-state index in [2.05, 4.69) is 15.5 Å². The van der Waals surface area contributed by atoms with Crippen molar-refractivity contribution in [2.45, 2.75) is 25.7 Å². The Balaban J connectivity index is 1.90. The van der Waals surface area contributed by atoms with E-state index in [0.717, 1.165) is 18.5 Å². The number of urea groups is 1. The van der Waals surface area contributed by atoms with Gasteiger partial charge in [0.05, 0.1) is 16.6 Å². The topological polar surface area (TPSA) is 91.6 Å². The number of aryl methyl sites for hydroxylation is 1. The van der Waals surface area contributed by atoms with Crippen LogP contribution in [-0.2, 0) is 0 Å². The normalized spacial score (nSPS) is 15.4. The van der Waals surface area contributed by atoms with Gasteiger partial charge in [-0.1, -0.05) is 5.16 Å². The number of piperidine rings is 1. The molecule has 1 fully saturated rings. The highest BCUT2D eigenvalue weighted by molar-refractivity contribution is 6.06. The van der Waals surface area contributed by atoms with Crippen molar-refractivity contribution in [1.29, 1.82) is 0 Å². The van der Waals surface area contributed by atoms with Crippen LogP contribution in [0.5, 0.6) is 0 Å². The van der Waals surface area contributed by atoms with Crippen molar-refractivity contribution in [3.8, 4) is 0 Å². The Morgan fingerprint density at radius 2 is 2.00 bits per heavy atom. The largest absolute Gasteiger partial charge is 0.355 e. The quantitative estimate of drug-likeness (QED) is 0.895. The monoisotopic (exact) mass is 345 g/mol. The SMILES string of the molecule is CNC(=O)c1cc(C)nc2onc(C3CCN(C(=O)N(C)C)CC3)c12. The van der Waals surface area contributed by atoms with Crippen molar-refractivity contribution in [2.24, 2.45) is 0 Å². The molecule has 1 aliphatic heterocycles. The highest BCUT2D eigenvalue weighted by atomic mass is 16.5. The van der Waals surface area contributed by atoms with Crippen LogP contribution in [0.1, 0.15) is 40.5 Å². The number of rotatable bonds is 2. The van der Waals surface area contributed by atoms with E-state index in [1.807, 2.05) is 11.8 Å². The summed E-state index contributed by atoms with van der Waals surface area (Å²) in [6.07, 6.45) is 1.56. The van der Waals surface area contributed by atoms with Crippen LogP contribution in [0.4, 0.5) is 4.79 Å². The standard InChI is InChI=1S/C17H23N5O3/c1-10-9-12(15(23)18-2)13-14(20-25-16(13)19-10)11-5-7-22(8-6-11)17(24)21(3)4/h9,11H,5-8H2,1-4H3,(H,18,23). The number of amides is 3. The third-order valence-corrected chi connectivity index (χ3v) is 4.61. The Hall–Kier alpha value is -2.64. The molecule has 3 rings (SSSR count). The van der Waals surface area contributed by atoms with Crippen molar-refractivity contribution in [3.05, 3.63) is 23.0 Å². The minimum atomic E-state index is -0.180. The maximum absolute atomic E-state index is 12.3. The molecule has 0 radical (unpaired) electrons. The molecule has 1 aliphatic rings. The van der Waals surface area contributed by atoms with Crippen molar-refractivity contribution in [2.75, 3.05) is 34.2 Å². The summed E-state index contributed by atoms with van der Waals surface area (Å²) in [6, 6.07) is 1.78. The van der Waals surface area contributed by atoms with Crippen LogP contribution in [0.15, 0.2) is 10.6 Å². The predicted molar refractivity (Wildman–Crippen MR) is 92.6 cm³/mol. The van der Waals surface area contributed by atoms with E-state index >= 15 is 0 Å². The molecule has 0 saturated carbocycles. The maximum atomic E-state index is 12.3. The summed E-state index contributed by atoms with van der Waals surface area (Å²) in [6.45, 7) is 3.13. The van der Waals surface area contributed by atoms with Gasteiger partial charge in [0.1, 0.15) is 0 Å². The van der Waals surface area contributed by atoms with Crippen molar-refractivity contribution < 1.29 is 14.1 Å². The van der Waals surface area contributed by atoms with E-state index in [1.54, 1.807) is 32.1 Å². The van der Waals surface area contributed by atoms with Crippen LogP contribution in [-0.4, -0.2) is 66.1 Å². The summed E-state index contributed by atoms with van der Waals surface area (Å²) >= 11 is 0. The van der Waals surface area contributed by atoms with Gasteiger partial charge in [-0.15, -0.1) is 0 Å². The lowest BCUT2D eigenvalue weighted by atomic mass is 9.90. The van der Waals surface area contributed by atoms with E-state index in [9.17, 15) is 9.59 Å². The van der Waals surface area contributed by atoms with Crippen molar-refractivity contribution >= 4 is 23.0 Å². The molecule has 0 unspecified atom stereocenters. The zero-order valence-electron chi connectivity index (χ0n) is 15.0. The molecule has 1 N–H and O–H groups in total. The lowest BCUT2D eigenvalue weighted by molar-refractivity contribution is 0.0964. The number of hydrogen-bond acceptors (Lipinski definition) is 5. The van der Waals surface area contributed by atoms with E-state index in [0.29, 0.717) is 35.4 Å². The third kappa shape index (κ3) is 3.16. The molecule has 3 amide bonds. The van der Waals surface area contributed by atoms with Gasteiger partial charge in [0.25, 0.3) is 11.6 Å². The second kappa shape index (κ2) is 6.70. The number of nitrogens with one attached hydrogen (secondary N) is 1. The average molecular weight is 345 g/mol. The minimum Gasteiger partial charge on any atom is -0.355 e. The van der Waals surface area contributed by atoms with Crippen LogP contribution < -0.4 is 5.32 Å². The Bertz CT molecular complexity index is 806. The molecule has 0 spiro atoms. The Morgan fingerprint density at radius 1 is 1.32 bits per heavy atom. The van der Waals surface area contributed by atoms with Crippen molar-refractivity contribution in [1.82, 2.24) is 25.3 Å². The first-order valence-corrected chi connectivity index (χ1v) is 8.37. The van der Waals surface area contributed by atoms with Gasteiger partial charge in [0, 0.05) is 45.8 Å². The van der Waals surface area contributed by atoms with Crippen LogP contribution >= 0.6 is 0 Å². The zero-order valence-corrected chi connectivity index (χ0v) is 15.0. The molecule has 0 aromatic carbocycles. The molecule has 3 heterocycles. The fraction of sp³-hybridized carbons (Fsp3) is 0.529. The number of fused-ring (bicyclic) bond motifs is 1. The van der Waals surface area contributed by atoms with Gasteiger partial charge in [-0.3, -0.25) is 4.79 Å². The van der Waals surface area contributed by atoms with Gasteiger partial charge >= 0.3 is 6.03 Å². The molecule has 8 nitrogen and oxygen atoms in total. The van der Waals surface area contributed by atoms with E-state index in [1.165, 1.54) is 0 Å². The molecule has 0 bridgehead atoms. The molecule has 2 aromatic rings. The first-order chi connectivity index (χ1) is 11.9. The lowest BCUT2D eigenvalue weighted by Gasteiger charge is -2.33. The summed E-state index contributed by atoms with van der Waals surface area (Å²) < 4.78 is 5.40. The highest BCUT2D eigenvalue weighted by Crippen LogP contribution is 2.34. The Kier molecular flexibility index (Phi) is 4.61. The lowest BCUT2D eigenvalue weighted by Crippen LogP contribution is -2.43. The molecular weight excluding hydrogens is 322 g/mol. The molecule has 8 heteroatoms. The number of nitrogens with zero attached hydrogens (tertiary/aromatic N) is 4. The Morgan fingerprint density at radius 3 is 2.60 bits per heavy atom. The van der Waals surface area contributed by atoms with E-state index in [-0.39, 0.29) is 17.9 Å². The Labute approximate surface area is 146 Å². The first kappa shape index (κ1) is 17.2.